The Morgan fingerprint density at radius 3 is 2.23 bits per heavy atom. The van der Waals surface area contributed by atoms with Crippen LogP contribution in [0.5, 0.6) is 5.75 Å². The van der Waals surface area contributed by atoms with Crippen LogP contribution in [0.1, 0.15) is 0 Å². The molecule has 2 aromatic carbocycles. The molecule has 128 valence electrons. The Kier molecular flexibility index (Phi) is 4.37. The van der Waals surface area contributed by atoms with Crippen LogP contribution in [0, 0.1) is 0 Å². The molecule has 0 saturated carbocycles. The molecular formula is C20H15ClN4O. The predicted octanol–water partition coefficient (Wildman–Crippen LogP) is 4.66. The minimum Gasteiger partial charge on any atom is -0.497 e. The number of nitrogens with zero attached hydrogens (tertiary/aromatic N) is 4. The van der Waals surface area contributed by atoms with Gasteiger partial charge in [0.25, 0.3) is 0 Å². The second-order valence-corrected chi connectivity index (χ2v) is 6.04. The molecule has 0 unspecified atom stereocenters. The van der Waals surface area contributed by atoms with Crippen molar-refractivity contribution in [2.45, 2.75) is 0 Å². The maximum atomic E-state index is 6.02. The highest BCUT2D eigenvalue weighted by Gasteiger charge is 2.17. The molecule has 0 amide bonds. The van der Waals surface area contributed by atoms with Crippen molar-refractivity contribution in [1.29, 1.82) is 0 Å². The second-order valence-electron chi connectivity index (χ2n) is 5.60. The predicted molar refractivity (Wildman–Crippen MR) is 102 cm³/mol. The lowest BCUT2D eigenvalue weighted by Crippen LogP contribution is -2.01. The fourth-order valence-electron chi connectivity index (χ4n) is 2.71. The summed E-state index contributed by atoms with van der Waals surface area (Å²) in [4.78, 5) is 4.42. The third-order valence-electron chi connectivity index (χ3n) is 3.99. The summed E-state index contributed by atoms with van der Waals surface area (Å²) in [6.45, 7) is 0. The SMILES string of the molecule is COc1ccc(-n2c(-c3ccc(Cl)cc3)nnc2-c2ccccn2)cc1. The van der Waals surface area contributed by atoms with Crippen molar-refractivity contribution in [2.24, 2.45) is 0 Å². The highest BCUT2D eigenvalue weighted by molar-refractivity contribution is 6.30. The molecule has 0 aliphatic carbocycles. The molecule has 0 fully saturated rings. The number of pyridine rings is 1. The van der Waals surface area contributed by atoms with Gasteiger partial charge >= 0.3 is 0 Å². The van der Waals surface area contributed by atoms with Gasteiger partial charge in [0.2, 0.25) is 0 Å². The van der Waals surface area contributed by atoms with E-state index >= 15 is 0 Å². The molecule has 26 heavy (non-hydrogen) atoms. The van der Waals surface area contributed by atoms with Crippen molar-refractivity contribution < 1.29 is 4.74 Å². The number of hydrogen-bond donors (Lipinski definition) is 0. The van der Waals surface area contributed by atoms with E-state index < -0.39 is 0 Å². The number of benzene rings is 2. The molecule has 0 aliphatic heterocycles. The minimum atomic E-state index is 0.667. The summed E-state index contributed by atoms with van der Waals surface area (Å²) in [6.07, 6.45) is 1.74. The van der Waals surface area contributed by atoms with E-state index in [0.717, 1.165) is 22.7 Å². The molecular weight excluding hydrogens is 348 g/mol. The van der Waals surface area contributed by atoms with Gasteiger partial charge in [0.15, 0.2) is 11.6 Å². The Labute approximate surface area is 155 Å². The molecule has 5 nitrogen and oxygen atoms in total. The van der Waals surface area contributed by atoms with Crippen LogP contribution >= 0.6 is 11.6 Å². The van der Waals surface area contributed by atoms with Gasteiger partial charge in [0, 0.05) is 22.5 Å². The Bertz CT molecular complexity index is 1010. The summed E-state index contributed by atoms with van der Waals surface area (Å²) in [5.74, 6) is 2.17. The molecule has 0 atom stereocenters. The maximum absolute atomic E-state index is 6.02. The highest BCUT2D eigenvalue weighted by atomic mass is 35.5. The summed E-state index contributed by atoms with van der Waals surface area (Å²) < 4.78 is 7.24. The van der Waals surface area contributed by atoms with E-state index in [2.05, 4.69) is 15.2 Å². The Morgan fingerprint density at radius 2 is 1.58 bits per heavy atom. The number of methoxy groups -OCH3 is 1. The quantitative estimate of drug-likeness (QED) is 0.530. The zero-order valence-electron chi connectivity index (χ0n) is 14.0. The van der Waals surface area contributed by atoms with Crippen LogP contribution in [0.15, 0.2) is 72.9 Å². The van der Waals surface area contributed by atoms with Gasteiger partial charge in [0.05, 0.1) is 7.11 Å². The fourth-order valence-corrected chi connectivity index (χ4v) is 2.83. The third kappa shape index (κ3) is 3.05. The first kappa shape index (κ1) is 16.3. The van der Waals surface area contributed by atoms with Crippen LogP contribution in [0.25, 0.3) is 28.6 Å². The molecule has 0 radical (unpaired) electrons. The standard InChI is InChI=1S/C20H15ClN4O/c1-26-17-11-9-16(10-12-17)25-19(14-5-7-15(21)8-6-14)23-24-20(25)18-4-2-3-13-22-18/h2-13H,1H3. The largest absolute Gasteiger partial charge is 0.497 e. The highest BCUT2D eigenvalue weighted by Crippen LogP contribution is 2.29. The summed E-state index contributed by atoms with van der Waals surface area (Å²) in [6, 6.07) is 21.0. The molecule has 0 N–H and O–H groups in total. The summed E-state index contributed by atoms with van der Waals surface area (Å²) in [7, 11) is 1.65. The first-order chi connectivity index (χ1) is 12.8. The van der Waals surface area contributed by atoms with E-state index in [1.165, 1.54) is 0 Å². The van der Waals surface area contributed by atoms with E-state index in [4.69, 9.17) is 16.3 Å². The molecule has 0 aliphatic rings. The molecule has 4 rings (SSSR count). The van der Waals surface area contributed by atoms with Gasteiger partial charge in [-0.1, -0.05) is 17.7 Å². The number of halogens is 1. The van der Waals surface area contributed by atoms with E-state index in [-0.39, 0.29) is 0 Å². The lowest BCUT2D eigenvalue weighted by Gasteiger charge is -2.11. The number of hydrogen-bond acceptors (Lipinski definition) is 4. The van der Waals surface area contributed by atoms with Crippen LogP contribution in [0.3, 0.4) is 0 Å². The van der Waals surface area contributed by atoms with Gasteiger partial charge in [-0.15, -0.1) is 10.2 Å². The lowest BCUT2D eigenvalue weighted by atomic mass is 10.2. The van der Waals surface area contributed by atoms with E-state index in [9.17, 15) is 0 Å². The van der Waals surface area contributed by atoms with Crippen LogP contribution < -0.4 is 4.74 Å². The molecule has 6 heteroatoms. The van der Waals surface area contributed by atoms with E-state index in [1.54, 1.807) is 13.3 Å². The lowest BCUT2D eigenvalue weighted by molar-refractivity contribution is 0.415. The minimum absolute atomic E-state index is 0.667. The van der Waals surface area contributed by atoms with Gasteiger partial charge in [0.1, 0.15) is 11.4 Å². The van der Waals surface area contributed by atoms with E-state index in [0.29, 0.717) is 16.7 Å². The normalized spacial score (nSPS) is 10.7. The zero-order valence-corrected chi connectivity index (χ0v) is 14.8. The summed E-state index contributed by atoms with van der Waals surface area (Å²) in [5.41, 5.74) is 2.58. The molecule has 4 aromatic rings. The molecule has 0 saturated heterocycles. The molecule has 2 heterocycles. The van der Waals surface area contributed by atoms with Crippen molar-refractivity contribution in [3.63, 3.8) is 0 Å². The van der Waals surface area contributed by atoms with Gasteiger partial charge in [-0.25, -0.2) is 0 Å². The number of rotatable bonds is 4. The van der Waals surface area contributed by atoms with Crippen molar-refractivity contribution in [3.8, 4) is 34.3 Å². The van der Waals surface area contributed by atoms with Crippen LogP contribution in [0.2, 0.25) is 5.02 Å². The van der Waals surface area contributed by atoms with Gasteiger partial charge in [-0.05, 0) is 60.7 Å². The Hall–Kier alpha value is -3.18. The Balaban J connectivity index is 1.92. The number of aromatic nitrogens is 4. The monoisotopic (exact) mass is 362 g/mol. The Morgan fingerprint density at radius 1 is 0.846 bits per heavy atom. The van der Waals surface area contributed by atoms with Crippen molar-refractivity contribution in [1.82, 2.24) is 19.7 Å². The maximum Gasteiger partial charge on any atom is 0.187 e. The fraction of sp³-hybridized carbons (Fsp3) is 0.0500. The van der Waals surface area contributed by atoms with Crippen LogP contribution in [-0.4, -0.2) is 26.9 Å². The first-order valence-electron chi connectivity index (χ1n) is 8.03. The molecule has 0 spiro atoms. The summed E-state index contributed by atoms with van der Waals surface area (Å²) >= 11 is 6.02. The number of ether oxygens (including phenoxy) is 1. The van der Waals surface area contributed by atoms with Gasteiger partial charge in [-0.2, -0.15) is 0 Å². The average molecular weight is 363 g/mol. The smallest absolute Gasteiger partial charge is 0.187 e. The second kappa shape index (κ2) is 6.98. The van der Waals surface area contributed by atoms with Crippen molar-refractivity contribution in [2.75, 3.05) is 7.11 Å². The first-order valence-corrected chi connectivity index (χ1v) is 8.41. The van der Waals surface area contributed by atoms with Gasteiger partial charge in [-0.3, -0.25) is 9.55 Å². The topological polar surface area (TPSA) is 52.8 Å². The van der Waals surface area contributed by atoms with E-state index in [1.807, 2.05) is 71.3 Å². The van der Waals surface area contributed by atoms with Crippen LogP contribution in [-0.2, 0) is 0 Å². The zero-order chi connectivity index (χ0) is 17.9. The van der Waals surface area contributed by atoms with Crippen LogP contribution in [0.4, 0.5) is 0 Å². The molecule has 0 bridgehead atoms. The average Bonchev–Trinajstić information content (AvgIpc) is 3.14. The van der Waals surface area contributed by atoms with Gasteiger partial charge < -0.3 is 4.74 Å². The van der Waals surface area contributed by atoms with Crippen molar-refractivity contribution in [3.05, 3.63) is 77.9 Å². The summed E-state index contributed by atoms with van der Waals surface area (Å²) in [5, 5.41) is 9.48. The molecule has 2 aromatic heterocycles. The van der Waals surface area contributed by atoms with Crippen molar-refractivity contribution >= 4 is 11.6 Å². The third-order valence-corrected chi connectivity index (χ3v) is 4.24.